The molecule has 1 N–H and O–H groups in total. The normalized spacial score (nSPS) is 15.8. The lowest BCUT2D eigenvalue weighted by atomic mass is 10.1. The number of anilines is 1. The minimum atomic E-state index is 0.482. The molecule has 0 spiro atoms. The van der Waals surface area contributed by atoms with Crippen molar-refractivity contribution in [3.63, 3.8) is 0 Å². The van der Waals surface area contributed by atoms with Crippen molar-refractivity contribution < 1.29 is 0 Å². The van der Waals surface area contributed by atoms with Crippen molar-refractivity contribution in [3.8, 4) is 0 Å². The standard InChI is InChI=1S/C15H22BrN3/c1-11(2)17-9-13-8-14(16)10-18-15(13)19-6-4-12(3)5-7-19/h4,8,10-11,17H,5-7,9H2,1-3H3. The molecule has 1 aliphatic rings. The van der Waals surface area contributed by atoms with Crippen molar-refractivity contribution in [1.82, 2.24) is 10.3 Å². The van der Waals surface area contributed by atoms with Gasteiger partial charge in [-0.2, -0.15) is 0 Å². The first-order valence-corrected chi connectivity index (χ1v) is 7.64. The van der Waals surface area contributed by atoms with Crippen LogP contribution in [0.25, 0.3) is 0 Å². The van der Waals surface area contributed by atoms with E-state index in [1.165, 1.54) is 11.1 Å². The van der Waals surface area contributed by atoms with Gasteiger partial charge in [-0.05, 0) is 35.3 Å². The molecule has 0 aliphatic carbocycles. The monoisotopic (exact) mass is 323 g/mol. The number of halogens is 1. The van der Waals surface area contributed by atoms with Crippen LogP contribution in [0.1, 0.15) is 32.8 Å². The van der Waals surface area contributed by atoms with Gasteiger partial charge in [0.15, 0.2) is 0 Å². The van der Waals surface area contributed by atoms with Crippen LogP contribution in [0.5, 0.6) is 0 Å². The van der Waals surface area contributed by atoms with Crippen molar-refractivity contribution in [1.29, 1.82) is 0 Å². The van der Waals surface area contributed by atoms with Crippen LogP contribution in [-0.2, 0) is 6.54 Å². The summed E-state index contributed by atoms with van der Waals surface area (Å²) in [6, 6.07) is 2.65. The van der Waals surface area contributed by atoms with Crippen molar-refractivity contribution in [2.24, 2.45) is 0 Å². The second-order valence-corrected chi connectivity index (χ2v) is 6.33. The van der Waals surface area contributed by atoms with Crippen molar-refractivity contribution in [3.05, 3.63) is 33.9 Å². The zero-order valence-electron chi connectivity index (χ0n) is 11.9. The van der Waals surface area contributed by atoms with E-state index in [0.29, 0.717) is 6.04 Å². The molecule has 0 amide bonds. The summed E-state index contributed by atoms with van der Waals surface area (Å²) < 4.78 is 1.04. The molecule has 3 nitrogen and oxygen atoms in total. The minimum Gasteiger partial charge on any atom is -0.352 e. The average Bonchev–Trinajstić information content (AvgIpc) is 2.38. The third-order valence-electron chi connectivity index (χ3n) is 3.35. The predicted octanol–water partition coefficient (Wildman–Crippen LogP) is 3.50. The highest BCUT2D eigenvalue weighted by atomic mass is 79.9. The van der Waals surface area contributed by atoms with Crippen LogP contribution in [0, 0.1) is 0 Å². The molecule has 0 unspecified atom stereocenters. The lowest BCUT2D eigenvalue weighted by Crippen LogP contribution is -2.31. The Labute approximate surface area is 124 Å². The van der Waals surface area contributed by atoms with E-state index in [1.807, 2.05) is 6.20 Å². The molecule has 0 atom stereocenters. The molecule has 0 bridgehead atoms. The van der Waals surface area contributed by atoms with Crippen LogP contribution in [0.3, 0.4) is 0 Å². The Bertz CT molecular complexity index is 468. The van der Waals surface area contributed by atoms with Gasteiger partial charge in [0.05, 0.1) is 0 Å². The molecule has 19 heavy (non-hydrogen) atoms. The van der Waals surface area contributed by atoms with E-state index >= 15 is 0 Å². The number of rotatable bonds is 4. The Morgan fingerprint density at radius 1 is 1.47 bits per heavy atom. The first kappa shape index (κ1) is 14.5. The van der Waals surface area contributed by atoms with Gasteiger partial charge in [0.2, 0.25) is 0 Å². The zero-order chi connectivity index (χ0) is 13.8. The summed E-state index contributed by atoms with van der Waals surface area (Å²) in [5.41, 5.74) is 2.74. The number of nitrogens with one attached hydrogen (secondary N) is 1. The van der Waals surface area contributed by atoms with Crippen LogP contribution in [0.4, 0.5) is 5.82 Å². The molecule has 0 saturated heterocycles. The summed E-state index contributed by atoms with van der Waals surface area (Å²) >= 11 is 3.52. The van der Waals surface area contributed by atoms with E-state index < -0.39 is 0 Å². The maximum absolute atomic E-state index is 4.61. The molecular formula is C15H22BrN3. The third kappa shape index (κ3) is 4.05. The van der Waals surface area contributed by atoms with Crippen molar-refractivity contribution in [2.75, 3.05) is 18.0 Å². The summed E-state index contributed by atoms with van der Waals surface area (Å²) in [7, 11) is 0. The Morgan fingerprint density at radius 3 is 2.89 bits per heavy atom. The van der Waals surface area contributed by atoms with E-state index in [4.69, 9.17) is 0 Å². The first-order valence-electron chi connectivity index (χ1n) is 6.84. The first-order chi connectivity index (χ1) is 9.06. The van der Waals surface area contributed by atoms with Gasteiger partial charge in [-0.15, -0.1) is 0 Å². The lowest BCUT2D eigenvalue weighted by molar-refractivity contribution is 0.586. The summed E-state index contributed by atoms with van der Waals surface area (Å²) in [4.78, 5) is 6.97. The molecule has 2 heterocycles. The summed E-state index contributed by atoms with van der Waals surface area (Å²) in [6.45, 7) is 9.42. The van der Waals surface area contributed by atoms with Gasteiger partial charge in [-0.1, -0.05) is 25.5 Å². The Hall–Kier alpha value is -0.870. The van der Waals surface area contributed by atoms with E-state index in [2.05, 4.69) is 64.0 Å². The second-order valence-electron chi connectivity index (χ2n) is 5.42. The van der Waals surface area contributed by atoms with Crippen molar-refractivity contribution >= 4 is 21.7 Å². The number of aromatic nitrogens is 1. The maximum atomic E-state index is 4.61. The van der Waals surface area contributed by atoms with Gasteiger partial charge in [0.25, 0.3) is 0 Å². The molecule has 104 valence electrons. The predicted molar refractivity (Wildman–Crippen MR) is 84.5 cm³/mol. The number of pyridine rings is 1. The Morgan fingerprint density at radius 2 is 2.26 bits per heavy atom. The Balaban J connectivity index is 2.19. The van der Waals surface area contributed by atoms with E-state index in [0.717, 1.165) is 36.3 Å². The molecule has 0 fully saturated rings. The smallest absolute Gasteiger partial charge is 0.133 e. The van der Waals surface area contributed by atoms with Crippen LogP contribution >= 0.6 is 15.9 Å². The third-order valence-corrected chi connectivity index (χ3v) is 3.78. The fraction of sp³-hybridized carbons (Fsp3) is 0.533. The molecule has 4 heteroatoms. The molecule has 0 aromatic carbocycles. The van der Waals surface area contributed by atoms with Gasteiger partial charge in [-0.25, -0.2) is 4.98 Å². The Kier molecular flexibility index (Phi) is 4.99. The second kappa shape index (κ2) is 6.53. The van der Waals surface area contributed by atoms with Gasteiger partial charge in [-0.3, -0.25) is 0 Å². The fourth-order valence-corrected chi connectivity index (χ4v) is 2.54. The highest BCUT2D eigenvalue weighted by Crippen LogP contribution is 2.24. The fourth-order valence-electron chi connectivity index (χ4n) is 2.17. The summed E-state index contributed by atoms with van der Waals surface area (Å²) in [5.74, 6) is 1.11. The van der Waals surface area contributed by atoms with E-state index in [9.17, 15) is 0 Å². The number of hydrogen-bond donors (Lipinski definition) is 1. The topological polar surface area (TPSA) is 28.2 Å². The zero-order valence-corrected chi connectivity index (χ0v) is 13.5. The SMILES string of the molecule is CC1=CCN(c2ncc(Br)cc2CNC(C)C)CC1. The highest BCUT2D eigenvalue weighted by molar-refractivity contribution is 9.10. The largest absolute Gasteiger partial charge is 0.352 e. The average molecular weight is 324 g/mol. The summed E-state index contributed by atoms with van der Waals surface area (Å²) in [6.07, 6.45) is 5.32. The molecule has 2 rings (SSSR count). The van der Waals surface area contributed by atoms with Gasteiger partial charge < -0.3 is 10.2 Å². The van der Waals surface area contributed by atoms with Crippen LogP contribution in [-0.4, -0.2) is 24.1 Å². The van der Waals surface area contributed by atoms with E-state index in [1.54, 1.807) is 0 Å². The quantitative estimate of drug-likeness (QED) is 0.859. The lowest BCUT2D eigenvalue weighted by Gasteiger charge is -2.28. The minimum absolute atomic E-state index is 0.482. The van der Waals surface area contributed by atoms with Crippen LogP contribution in [0.15, 0.2) is 28.4 Å². The number of nitrogens with zero attached hydrogens (tertiary/aromatic N) is 2. The van der Waals surface area contributed by atoms with Crippen LogP contribution in [0.2, 0.25) is 0 Å². The van der Waals surface area contributed by atoms with Gasteiger partial charge >= 0.3 is 0 Å². The molecule has 1 aromatic heterocycles. The molecule has 1 aromatic rings. The van der Waals surface area contributed by atoms with E-state index in [-0.39, 0.29) is 0 Å². The van der Waals surface area contributed by atoms with Crippen molar-refractivity contribution in [2.45, 2.75) is 39.8 Å². The maximum Gasteiger partial charge on any atom is 0.133 e. The summed E-state index contributed by atoms with van der Waals surface area (Å²) in [5, 5.41) is 3.47. The van der Waals surface area contributed by atoms with Crippen LogP contribution < -0.4 is 10.2 Å². The number of hydrogen-bond acceptors (Lipinski definition) is 3. The molecule has 0 radical (unpaired) electrons. The van der Waals surface area contributed by atoms with Gasteiger partial charge in [0.1, 0.15) is 5.82 Å². The molecule has 0 saturated carbocycles. The van der Waals surface area contributed by atoms with Gasteiger partial charge in [0, 0.05) is 41.9 Å². The molecule has 1 aliphatic heterocycles. The highest BCUT2D eigenvalue weighted by Gasteiger charge is 2.15. The molecular weight excluding hydrogens is 302 g/mol.